The molecule has 22 heavy (non-hydrogen) atoms. The van der Waals surface area contributed by atoms with Crippen LogP contribution in [0.25, 0.3) is 5.69 Å². The molecule has 8 heteroatoms. The van der Waals surface area contributed by atoms with E-state index in [9.17, 15) is 9.90 Å². The second-order valence-electron chi connectivity index (χ2n) is 5.28. The first kappa shape index (κ1) is 15.1. The van der Waals surface area contributed by atoms with Gasteiger partial charge in [0.05, 0.1) is 12.2 Å². The Balaban J connectivity index is 1.86. The number of benzene rings is 1. The van der Waals surface area contributed by atoms with Gasteiger partial charge in [0.15, 0.2) is 5.82 Å². The van der Waals surface area contributed by atoms with E-state index in [-0.39, 0.29) is 0 Å². The summed E-state index contributed by atoms with van der Waals surface area (Å²) >= 11 is 3.49. The van der Waals surface area contributed by atoms with Crippen LogP contribution < -0.4 is 0 Å². The molecule has 0 spiro atoms. The van der Waals surface area contributed by atoms with Crippen LogP contribution in [-0.2, 0) is 11.3 Å². The molecule has 1 fully saturated rings. The molecule has 0 bridgehead atoms. The molecule has 0 radical (unpaired) electrons. The molecule has 116 valence electrons. The van der Waals surface area contributed by atoms with Crippen molar-refractivity contribution in [3.05, 3.63) is 34.6 Å². The Bertz CT molecular complexity index is 675. The molecule has 0 amide bonds. The number of hydrogen-bond donors (Lipinski definition) is 1. The molecular weight excluding hydrogens is 350 g/mol. The fraction of sp³-hybridized carbons (Fsp3) is 0.429. The molecule has 1 aliphatic heterocycles. The molecule has 1 aromatic heterocycles. The van der Waals surface area contributed by atoms with E-state index in [2.05, 4.69) is 31.5 Å². The van der Waals surface area contributed by atoms with Gasteiger partial charge in [-0.05, 0) is 57.9 Å². The van der Waals surface area contributed by atoms with Gasteiger partial charge in [0.25, 0.3) is 0 Å². The number of nitrogens with zero attached hydrogens (tertiary/aromatic N) is 5. The number of halogens is 1. The maximum Gasteiger partial charge on any atom is 0.320 e. The predicted molar refractivity (Wildman–Crippen MR) is 82.5 cm³/mol. The third-order valence-electron chi connectivity index (χ3n) is 3.86. The van der Waals surface area contributed by atoms with Crippen LogP contribution in [-0.4, -0.2) is 48.8 Å². The number of hydrogen-bond acceptors (Lipinski definition) is 5. The maximum atomic E-state index is 11.4. The number of para-hydroxylation sites is 1. The average molecular weight is 366 g/mol. The van der Waals surface area contributed by atoms with Gasteiger partial charge in [-0.15, -0.1) is 5.10 Å². The lowest BCUT2D eigenvalue weighted by Crippen LogP contribution is -2.44. The van der Waals surface area contributed by atoms with Crippen LogP contribution in [0.15, 0.2) is 28.7 Å². The summed E-state index contributed by atoms with van der Waals surface area (Å²) in [5.41, 5.74) is 0.839. The largest absolute Gasteiger partial charge is 0.480 e. The number of tetrazole rings is 1. The summed E-state index contributed by atoms with van der Waals surface area (Å²) in [4.78, 5) is 13.3. The zero-order valence-corrected chi connectivity index (χ0v) is 13.5. The van der Waals surface area contributed by atoms with E-state index in [1.807, 2.05) is 29.2 Å². The Morgan fingerprint density at radius 2 is 2.18 bits per heavy atom. The van der Waals surface area contributed by atoms with Crippen molar-refractivity contribution in [1.29, 1.82) is 0 Å². The minimum absolute atomic E-state index is 0.422. The van der Waals surface area contributed by atoms with Gasteiger partial charge in [-0.2, -0.15) is 4.68 Å². The van der Waals surface area contributed by atoms with Crippen LogP contribution in [0.5, 0.6) is 0 Å². The van der Waals surface area contributed by atoms with E-state index < -0.39 is 12.0 Å². The van der Waals surface area contributed by atoms with Gasteiger partial charge in [0, 0.05) is 4.47 Å². The van der Waals surface area contributed by atoms with Crippen molar-refractivity contribution in [3.8, 4) is 5.69 Å². The highest BCUT2D eigenvalue weighted by molar-refractivity contribution is 9.10. The molecule has 7 nitrogen and oxygen atoms in total. The second-order valence-corrected chi connectivity index (χ2v) is 6.13. The normalized spacial score (nSPS) is 19.2. The van der Waals surface area contributed by atoms with Gasteiger partial charge in [-0.1, -0.05) is 18.6 Å². The van der Waals surface area contributed by atoms with Gasteiger partial charge in [0.1, 0.15) is 6.04 Å². The summed E-state index contributed by atoms with van der Waals surface area (Å²) in [6, 6.07) is 7.20. The number of carboxylic acid groups (broad SMARTS) is 1. The van der Waals surface area contributed by atoms with E-state index in [1.165, 1.54) is 0 Å². The average Bonchev–Trinajstić information content (AvgIpc) is 2.96. The molecule has 2 aromatic rings. The number of carboxylic acids is 1. The minimum atomic E-state index is -0.778. The van der Waals surface area contributed by atoms with Crippen LogP contribution in [0.3, 0.4) is 0 Å². The summed E-state index contributed by atoms with van der Waals surface area (Å²) < 4.78 is 2.54. The van der Waals surface area contributed by atoms with Crippen molar-refractivity contribution < 1.29 is 9.90 Å². The third kappa shape index (κ3) is 3.02. The molecule has 1 unspecified atom stereocenters. The van der Waals surface area contributed by atoms with Gasteiger partial charge < -0.3 is 5.11 Å². The summed E-state index contributed by atoms with van der Waals surface area (Å²) in [6.45, 7) is 1.17. The number of rotatable bonds is 4. The van der Waals surface area contributed by atoms with Crippen LogP contribution >= 0.6 is 15.9 Å². The van der Waals surface area contributed by atoms with E-state index in [0.29, 0.717) is 18.8 Å². The monoisotopic (exact) mass is 365 g/mol. The number of likely N-dealkylation sites (tertiary alicyclic amines) is 1. The number of aliphatic carboxylic acids is 1. The minimum Gasteiger partial charge on any atom is -0.480 e. The number of carbonyl (C=O) groups is 1. The molecule has 1 aromatic carbocycles. The molecular formula is C14H16BrN5O2. The third-order valence-corrected chi connectivity index (χ3v) is 4.53. The zero-order valence-electron chi connectivity index (χ0n) is 11.9. The summed E-state index contributed by atoms with van der Waals surface area (Å²) in [5, 5.41) is 21.2. The topological polar surface area (TPSA) is 84.1 Å². The van der Waals surface area contributed by atoms with E-state index in [4.69, 9.17) is 0 Å². The van der Waals surface area contributed by atoms with Crippen molar-refractivity contribution in [1.82, 2.24) is 25.1 Å². The van der Waals surface area contributed by atoms with Crippen molar-refractivity contribution in [3.63, 3.8) is 0 Å². The summed E-state index contributed by atoms with van der Waals surface area (Å²) in [6.07, 6.45) is 2.62. The van der Waals surface area contributed by atoms with Crippen molar-refractivity contribution in [2.75, 3.05) is 6.54 Å². The van der Waals surface area contributed by atoms with E-state index in [0.717, 1.165) is 29.5 Å². The lowest BCUT2D eigenvalue weighted by atomic mass is 10.0. The molecule has 0 saturated carbocycles. The predicted octanol–water partition coefficient (Wildman–Crippen LogP) is 1.86. The Morgan fingerprint density at radius 1 is 1.36 bits per heavy atom. The van der Waals surface area contributed by atoms with Gasteiger partial charge >= 0.3 is 5.97 Å². The van der Waals surface area contributed by atoms with Crippen molar-refractivity contribution in [2.24, 2.45) is 0 Å². The smallest absolute Gasteiger partial charge is 0.320 e. The Hall–Kier alpha value is -1.80. The summed E-state index contributed by atoms with van der Waals surface area (Å²) in [7, 11) is 0. The lowest BCUT2D eigenvalue weighted by Gasteiger charge is -2.32. The second kappa shape index (κ2) is 6.53. The molecule has 1 aliphatic rings. The molecule has 1 saturated heterocycles. The number of piperidine rings is 1. The molecule has 1 N–H and O–H groups in total. The van der Waals surface area contributed by atoms with Crippen molar-refractivity contribution in [2.45, 2.75) is 31.8 Å². The fourth-order valence-electron chi connectivity index (χ4n) is 2.76. The first-order valence-electron chi connectivity index (χ1n) is 7.16. The molecule has 2 heterocycles. The van der Waals surface area contributed by atoms with Gasteiger partial charge in [-0.3, -0.25) is 9.69 Å². The highest BCUT2D eigenvalue weighted by atomic mass is 79.9. The molecule has 0 aliphatic carbocycles. The highest BCUT2D eigenvalue weighted by Gasteiger charge is 2.29. The fourth-order valence-corrected chi connectivity index (χ4v) is 3.21. The molecule has 3 rings (SSSR count). The Labute approximate surface area is 136 Å². The quantitative estimate of drug-likeness (QED) is 0.889. The standard InChI is InChI=1S/C14H16BrN5O2/c15-10-5-1-2-6-11(10)20-13(16-17-18-20)9-19-8-4-3-7-12(19)14(21)22/h1-2,5-6,12H,3-4,7-9H2,(H,21,22). The highest BCUT2D eigenvalue weighted by Crippen LogP contribution is 2.23. The first-order valence-corrected chi connectivity index (χ1v) is 7.95. The van der Waals surface area contributed by atoms with Crippen LogP contribution in [0, 0.1) is 0 Å². The maximum absolute atomic E-state index is 11.4. The van der Waals surface area contributed by atoms with E-state index >= 15 is 0 Å². The van der Waals surface area contributed by atoms with Gasteiger partial charge in [-0.25, -0.2) is 0 Å². The Morgan fingerprint density at radius 3 is 2.95 bits per heavy atom. The lowest BCUT2D eigenvalue weighted by molar-refractivity contribution is -0.144. The summed E-state index contributed by atoms with van der Waals surface area (Å²) in [5.74, 6) is -0.139. The molecule has 1 atom stereocenters. The Kier molecular flexibility index (Phi) is 4.49. The van der Waals surface area contributed by atoms with Crippen LogP contribution in [0.2, 0.25) is 0 Å². The SMILES string of the molecule is O=C(O)C1CCCCN1Cc1nnnn1-c1ccccc1Br. The first-order chi connectivity index (χ1) is 10.7. The van der Waals surface area contributed by atoms with Gasteiger partial charge in [0.2, 0.25) is 0 Å². The zero-order chi connectivity index (χ0) is 15.5. The number of aromatic nitrogens is 4. The van der Waals surface area contributed by atoms with Crippen molar-refractivity contribution >= 4 is 21.9 Å². The van der Waals surface area contributed by atoms with Crippen LogP contribution in [0.4, 0.5) is 0 Å². The van der Waals surface area contributed by atoms with E-state index in [1.54, 1.807) is 4.68 Å². The van der Waals surface area contributed by atoms with Crippen LogP contribution in [0.1, 0.15) is 25.1 Å².